The highest BCUT2D eigenvalue weighted by molar-refractivity contribution is 6.53. The Bertz CT molecular complexity index is 738. The minimum atomic E-state index is -0.740. The average molecular weight is 270 g/mol. The normalized spacial score (nSPS) is 12.8. The molecule has 0 unspecified atom stereocenters. The third kappa shape index (κ3) is 1.60. The first kappa shape index (κ1) is 12.3. The lowest BCUT2D eigenvalue weighted by Crippen LogP contribution is -2.22. The first-order valence-corrected chi connectivity index (χ1v) is 6.12. The van der Waals surface area contributed by atoms with Crippen LogP contribution >= 0.6 is 0 Å². The smallest absolute Gasteiger partial charge is 0.342 e. The van der Waals surface area contributed by atoms with Crippen molar-refractivity contribution in [2.75, 3.05) is 6.61 Å². The summed E-state index contributed by atoms with van der Waals surface area (Å²) in [7, 11) is 0. The average Bonchev–Trinajstić information content (AvgIpc) is 2.90. The highest BCUT2D eigenvalue weighted by Gasteiger charge is 2.37. The fourth-order valence-electron chi connectivity index (χ4n) is 2.26. The molecule has 0 atom stereocenters. The maximum Gasteiger partial charge on any atom is 0.342 e. The molecule has 1 aliphatic rings. The molecule has 3 rings (SSSR count). The number of ketones is 2. The van der Waals surface area contributed by atoms with Crippen LogP contribution in [0.15, 0.2) is 34.9 Å². The van der Waals surface area contributed by atoms with Gasteiger partial charge in [0.05, 0.1) is 12.2 Å². The van der Waals surface area contributed by atoms with Gasteiger partial charge in [-0.2, -0.15) is 0 Å². The molecule has 20 heavy (non-hydrogen) atoms. The van der Waals surface area contributed by atoms with E-state index in [1.165, 1.54) is 0 Å². The highest BCUT2D eigenvalue weighted by Crippen LogP contribution is 2.36. The van der Waals surface area contributed by atoms with Gasteiger partial charge in [0.2, 0.25) is 11.6 Å². The summed E-state index contributed by atoms with van der Waals surface area (Å²) in [5, 5.41) is 0. The Morgan fingerprint density at radius 2 is 1.85 bits per heavy atom. The number of hydrogen-bond donors (Lipinski definition) is 0. The molecule has 0 fully saturated rings. The molecule has 5 nitrogen and oxygen atoms in total. The van der Waals surface area contributed by atoms with Gasteiger partial charge >= 0.3 is 5.97 Å². The molecule has 100 valence electrons. The fraction of sp³-hybridized carbons (Fsp3) is 0.133. The van der Waals surface area contributed by atoms with Gasteiger partial charge in [0.25, 0.3) is 0 Å². The summed E-state index contributed by atoms with van der Waals surface area (Å²) in [5.41, 5.74) is 0.791. The minimum absolute atomic E-state index is 0.00490. The van der Waals surface area contributed by atoms with Crippen LogP contribution in [0.2, 0.25) is 0 Å². The van der Waals surface area contributed by atoms with Crippen molar-refractivity contribution in [3.63, 3.8) is 0 Å². The van der Waals surface area contributed by atoms with Crippen molar-refractivity contribution in [3.05, 3.63) is 47.2 Å². The topological polar surface area (TPSA) is 73.6 Å². The molecule has 0 N–H and O–H groups in total. The molecular formula is C15H10O5. The van der Waals surface area contributed by atoms with Crippen LogP contribution in [-0.2, 0) is 4.74 Å². The van der Waals surface area contributed by atoms with Crippen LogP contribution in [0.1, 0.15) is 38.0 Å². The Morgan fingerprint density at radius 1 is 1.15 bits per heavy atom. The number of furan rings is 1. The number of ether oxygens (including phenoxy) is 1. The summed E-state index contributed by atoms with van der Waals surface area (Å²) in [6, 6.07) is 6.64. The van der Waals surface area contributed by atoms with Gasteiger partial charge in [-0.25, -0.2) is 4.79 Å². The Morgan fingerprint density at radius 3 is 2.55 bits per heavy atom. The van der Waals surface area contributed by atoms with Crippen molar-refractivity contribution in [3.8, 4) is 11.3 Å². The number of esters is 1. The standard InChI is InChI=1S/C15H10O5/c1-2-19-15(18)10-7-20-14-9-6-4-3-5-8(9)12(16)13(17)11(10)14/h3-7H,2H2,1H3. The van der Waals surface area contributed by atoms with Crippen molar-refractivity contribution in [1.82, 2.24) is 0 Å². The second-order valence-electron chi connectivity index (χ2n) is 4.28. The zero-order valence-electron chi connectivity index (χ0n) is 10.6. The quantitative estimate of drug-likeness (QED) is 0.619. The molecule has 1 aliphatic carbocycles. The Labute approximate surface area is 114 Å². The van der Waals surface area contributed by atoms with E-state index in [0.29, 0.717) is 5.56 Å². The molecule has 0 saturated carbocycles. The second kappa shape index (κ2) is 4.45. The number of rotatable bonds is 2. The molecule has 0 saturated heterocycles. The van der Waals surface area contributed by atoms with E-state index in [1.807, 2.05) is 0 Å². The van der Waals surface area contributed by atoms with Crippen LogP contribution in [0.25, 0.3) is 11.3 Å². The van der Waals surface area contributed by atoms with Crippen molar-refractivity contribution in [2.45, 2.75) is 6.92 Å². The van der Waals surface area contributed by atoms with Gasteiger partial charge in [0.1, 0.15) is 17.6 Å². The maximum atomic E-state index is 12.2. The number of carbonyl (C=O) groups excluding carboxylic acids is 3. The van der Waals surface area contributed by atoms with Crippen molar-refractivity contribution >= 4 is 17.5 Å². The molecule has 2 aromatic rings. The summed E-state index contributed by atoms with van der Waals surface area (Å²) < 4.78 is 10.2. The van der Waals surface area contributed by atoms with Crippen molar-refractivity contribution in [1.29, 1.82) is 0 Å². The van der Waals surface area contributed by atoms with E-state index in [1.54, 1.807) is 31.2 Å². The van der Waals surface area contributed by atoms with Crippen molar-refractivity contribution < 1.29 is 23.5 Å². The zero-order valence-corrected chi connectivity index (χ0v) is 10.6. The predicted octanol–water partition coefficient (Wildman–Crippen LogP) is 2.50. The first-order chi connectivity index (χ1) is 9.65. The Balaban J connectivity index is 2.23. The maximum absolute atomic E-state index is 12.2. The van der Waals surface area contributed by atoms with Crippen LogP contribution in [0.3, 0.4) is 0 Å². The summed E-state index contributed by atoms with van der Waals surface area (Å²) in [6.07, 6.45) is 1.16. The molecule has 0 radical (unpaired) electrons. The lowest BCUT2D eigenvalue weighted by molar-refractivity contribution is 0.0523. The summed E-state index contributed by atoms with van der Waals surface area (Å²) in [4.78, 5) is 36.0. The zero-order chi connectivity index (χ0) is 14.3. The van der Waals surface area contributed by atoms with E-state index < -0.39 is 17.5 Å². The van der Waals surface area contributed by atoms with Crippen molar-refractivity contribution in [2.24, 2.45) is 0 Å². The van der Waals surface area contributed by atoms with Gasteiger partial charge in [0.15, 0.2) is 0 Å². The van der Waals surface area contributed by atoms with Gasteiger partial charge in [-0.1, -0.05) is 24.3 Å². The van der Waals surface area contributed by atoms with Gasteiger partial charge in [-0.3, -0.25) is 9.59 Å². The molecule has 0 spiro atoms. The molecule has 0 aliphatic heterocycles. The van der Waals surface area contributed by atoms with Crippen LogP contribution in [0.5, 0.6) is 0 Å². The number of carbonyl (C=O) groups is 3. The molecular weight excluding hydrogens is 260 g/mol. The molecule has 5 heteroatoms. The molecule has 0 amide bonds. The van der Waals surface area contributed by atoms with Gasteiger partial charge in [-0.05, 0) is 6.92 Å². The SMILES string of the molecule is CCOC(=O)c1coc2c1C(=O)C(=O)c1ccccc1-2. The molecule has 1 heterocycles. The van der Waals surface area contributed by atoms with Crippen LogP contribution in [0.4, 0.5) is 0 Å². The molecule has 1 aromatic carbocycles. The third-order valence-corrected chi connectivity index (χ3v) is 3.14. The summed E-state index contributed by atoms with van der Waals surface area (Å²) in [5.74, 6) is -1.80. The van der Waals surface area contributed by atoms with Gasteiger partial charge < -0.3 is 9.15 Å². The number of Topliss-reactive ketones (excluding diaryl/α,β-unsaturated/α-hetero) is 2. The predicted molar refractivity (Wildman–Crippen MR) is 68.8 cm³/mol. The van der Waals surface area contributed by atoms with Gasteiger partial charge in [0, 0.05) is 11.1 Å². The largest absolute Gasteiger partial charge is 0.463 e. The van der Waals surface area contributed by atoms with E-state index in [0.717, 1.165) is 6.26 Å². The number of benzene rings is 1. The second-order valence-corrected chi connectivity index (χ2v) is 4.28. The number of fused-ring (bicyclic) bond motifs is 3. The molecule has 1 aromatic heterocycles. The Kier molecular flexibility index (Phi) is 2.75. The third-order valence-electron chi connectivity index (χ3n) is 3.14. The lowest BCUT2D eigenvalue weighted by Gasteiger charge is -2.13. The van der Waals surface area contributed by atoms with E-state index >= 15 is 0 Å². The van der Waals surface area contributed by atoms with Gasteiger partial charge in [-0.15, -0.1) is 0 Å². The van der Waals surface area contributed by atoms with Crippen LogP contribution < -0.4 is 0 Å². The monoisotopic (exact) mass is 270 g/mol. The van der Waals surface area contributed by atoms with E-state index in [-0.39, 0.29) is 29.1 Å². The van der Waals surface area contributed by atoms with Crippen LogP contribution in [-0.4, -0.2) is 24.1 Å². The van der Waals surface area contributed by atoms with E-state index in [9.17, 15) is 14.4 Å². The Hall–Kier alpha value is -2.69. The highest BCUT2D eigenvalue weighted by atomic mass is 16.5. The molecule has 0 bridgehead atoms. The minimum Gasteiger partial charge on any atom is -0.463 e. The first-order valence-electron chi connectivity index (χ1n) is 6.12. The van der Waals surface area contributed by atoms with Crippen LogP contribution in [0, 0.1) is 0 Å². The van der Waals surface area contributed by atoms with E-state index in [4.69, 9.17) is 9.15 Å². The number of hydrogen-bond acceptors (Lipinski definition) is 5. The lowest BCUT2D eigenvalue weighted by atomic mass is 9.87. The summed E-state index contributed by atoms with van der Waals surface area (Å²) in [6.45, 7) is 1.84. The fourth-order valence-corrected chi connectivity index (χ4v) is 2.26. The summed E-state index contributed by atoms with van der Waals surface area (Å²) >= 11 is 0. The van der Waals surface area contributed by atoms with E-state index in [2.05, 4.69) is 0 Å².